The number of nitrogens with two attached hydrogens (primary N) is 1. The summed E-state index contributed by atoms with van der Waals surface area (Å²) in [6.45, 7) is 1.68. The number of nitrogen functional groups attached to an aromatic ring is 1. The number of hydrogen-bond donors (Lipinski definition) is 1. The summed E-state index contributed by atoms with van der Waals surface area (Å²) in [5.74, 6) is -0.758. The first-order valence-corrected chi connectivity index (χ1v) is 4.95. The summed E-state index contributed by atoms with van der Waals surface area (Å²) >= 11 is 0. The molecule has 2 heterocycles. The summed E-state index contributed by atoms with van der Waals surface area (Å²) in [6, 6.07) is 2.84. The molecular formula is C11H11FN4O. The fourth-order valence-corrected chi connectivity index (χ4v) is 1.49. The van der Waals surface area contributed by atoms with Crippen molar-refractivity contribution in [1.82, 2.24) is 14.8 Å². The van der Waals surface area contributed by atoms with Gasteiger partial charge >= 0.3 is 0 Å². The second-order valence-corrected chi connectivity index (χ2v) is 3.73. The predicted octanol–water partition coefficient (Wildman–Crippen LogP) is 0.872. The van der Waals surface area contributed by atoms with E-state index in [4.69, 9.17) is 5.73 Å². The summed E-state index contributed by atoms with van der Waals surface area (Å²) in [5.41, 5.74) is 6.61. The highest BCUT2D eigenvalue weighted by atomic mass is 19.1. The minimum Gasteiger partial charge on any atom is -0.381 e. The Bertz CT molecular complexity index is 610. The average Bonchev–Trinajstić information content (AvgIpc) is 2.29. The highest BCUT2D eigenvalue weighted by Gasteiger charge is 2.08. The third-order valence-corrected chi connectivity index (χ3v) is 2.41. The SMILES string of the molecule is Cc1cc(-c2cnc(N)c(F)c2)nn(C)c1=O. The quantitative estimate of drug-likeness (QED) is 0.794. The molecule has 2 rings (SSSR count). The van der Waals surface area contributed by atoms with Gasteiger partial charge < -0.3 is 5.73 Å². The van der Waals surface area contributed by atoms with Gasteiger partial charge in [0.25, 0.3) is 5.56 Å². The standard InChI is InChI=1S/C11H11FN4O/c1-6-3-9(15-16(2)11(6)17)7-4-8(12)10(13)14-5-7/h3-5H,1-2H3,(H2,13,14). The predicted molar refractivity (Wildman–Crippen MR) is 61.8 cm³/mol. The molecule has 0 saturated carbocycles. The molecule has 0 aromatic carbocycles. The monoisotopic (exact) mass is 234 g/mol. The first-order valence-electron chi connectivity index (χ1n) is 4.95. The number of anilines is 1. The van der Waals surface area contributed by atoms with Crippen LogP contribution in [0.3, 0.4) is 0 Å². The number of hydrogen-bond acceptors (Lipinski definition) is 4. The van der Waals surface area contributed by atoms with E-state index in [1.54, 1.807) is 20.0 Å². The molecule has 0 aliphatic heterocycles. The zero-order chi connectivity index (χ0) is 12.6. The fraction of sp³-hybridized carbons (Fsp3) is 0.182. The Kier molecular flexibility index (Phi) is 2.63. The Hall–Kier alpha value is -2.24. The van der Waals surface area contributed by atoms with Crippen LogP contribution in [0.25, 0.3) is 11.3 Å². The second kappa shape index (κ2) is 3.97. The number of halogens is 1. The van der Waals surface area contributed by atoms with E-state index in [0.29, 0.717) is 16.8 Å². The molecule has 0 spiro atoms. The fourth-order valence-electron chi connectivity index (χ4n) is 1.49. The van der Waals surface area contributed by atoms with Gasteiger partial charge in [0.2, 0.25) is 0 Å². The molecule has 5 nitrogen and oxygen atoms in total. The molecule has 0 atom stereocenters. The number of aryl methyl sites for hydroxylation is 2. The first-order chi connectivity index (χ1) is 7.99. The lowest BCUT2D eigenvalue weighted by Crippen LogP contribution is -2.22. The van der Waals surface area contributed by atoms with E-state index < -0.39 is 5.82 Å². The normalized spacial score (nSPS) is 10.5. The van der Waals surface area contributed by atoms with Gasteiger partial charge in [0, 0.05) is 24.4 Å². The summed E-state index contributed by atoms with van der Waals surface area (Å²) in [6.07, 6.45) is 1.42. The van der Waals surface area contributed by atoms with Gasteiger partial charge in [-0.2, -0.15) is 5.10 Å². The molecule has 0 unspecified atom stereocenters. The van der Waals surface area contributed by atoms with Crippen LogP contribution in [0.2, 0.25) is 0 Å². The molecule has 0 aliphatic carbocycles. The lowest BCUT2D eigenvalue weighted by atomic mass is 10.1. The lowest BCUT2D eigenvalue weighted by molar-refractivity contribution is 0.627. The van der Waals surface area contributed by atoms with Gasteiger partial charge in [-0.05, 0) is 19.1 Å². The Labute approximate surface area is 96.7 Å². The Morgan fingerprint density at radius 1 is 1.41 bits per heavy atom. The summed E-state index contributed by atoms with van der Waals surface area (Å²) in [7, 11) is 1.54. The largest absolute Gasteiger partial charge is 0.381 e. The van der Waals surface area contributed by atoms with Gasteiger partial charge in [0.1, 0.15) is 0 Å². The van der Waals surface area contributed by atoms with Crippen molar-refractivity contribution in [3.05, 3.63) is 40.1 Å². The molecule has 0 saturated heterocycles. The molecule has 2 aromatic rings. The zero-order valence-corrected chi connectivity index (χ0v) is 9.44. The van der Waals surface area contributed by atoms with E-state index in [-0.39, 0.29) is 11.4 Å². The summed E-state index contributed by atoms with van der Waals surface area (Å²) in [4.78, 5) is 15.2. The Balaban J connectivity index is 2.61. The van der Waals surface area contributed by atoms with E-state index in [1.807, 2.05) is 0 Å². The molecule has 2 aromatic heterocycles. The average molecular weight is 234 g/mol. The van der Waals surface area contributed by atoms with Gasteiger partial charge in [-0.1, -0.05) is 0 Å². The summed E-state index contributed by atoms with van der Waals surface area (Å²) in [5, 5.41) is 4.03. The van der Waals surface area contributed by atoms with Gasteiger partial charge in [-0.3, -0.25) is 4.79 Å². The van der Waals surface area contributed by atoms with Crippen LogP contribution >= 0.6 is 0 Å². The van der Waals surface area contributed by atoms with E-state index in [9.17, 15) is 9.18 Å². The van der Waals surface area contributed by atoms with Crippen LogP contribution in [0.1, 0.15) is 5.56 Å². The Morgan fingerprint density at radius 2 is 2.12 bits per heavy atom. The summed E-state index contributed by atoms with van der Waals surface area (Å²) < 4.78 is 14.5. The molecule has 0 bridgehead atoms. The molecule has 0 fully saturated rings. The van der Waals surface area contributed by atoms with Crippen LogP contribution in [0, 0.1) is 12.7 Å². The van der Waals surface area contributed by atoms with Crippen molar-refractivity contribution in [2.24, 2.45) is 7.05 Å². The lowest BCUT2D eigenvalue weighted by Gasteiger charge is -2.05. The number of nitrogens with zero attached hydrogens (tertiary/aromatic N) is 3. The van der Waals surface area contributed by atoms with Crippen molar-refractivity contribution in [3.8, 4) is 11.3 Å². The maximum Gasteiger partial charge on any atom is 0.269 e. The molecule has 2 N–H and O–H groups in total. The van der Waals surface area contributed by atoms with E-state index in [1.165, 1.54) is 16.9 Å². The molecule has 88 valence electrons. The molecule has 0 radical (unpaired) electrons. The number of rotatable bonds is 1. The second-order valence-electron chi connectivity index (χ2n) is 3.73. The van der Waals surface area contributed by atoms with Crippen LogP contribution in [0.5, 0.6) is 0 Å². The van der Waals surface area contributed by atoms with Crippen molar-refractivity contribution in [2.45, 2.75) is 6.92 Å². The van der Waals surface area contributed by atoms with Gasteiger partial charge in [0.15, 0.2) is 11.6 Å². The van der Waals surface area contributed by atoms with Crippen molar-refractivity contribution >= 4 is 5.82 Å². The topological polar surface area (TPSA) is 73.8 Å². The smallest absolute Gasteiger partial charge is 0.269 e. The van der Waals surface area contributed by atoms with Crippen molar-refractivity contribution in [3.63, 3.8) is 0 Å². The molecular weight excluding hydrogens is 223 g/mol. The molecule has 0 aliphatic rings. The van der Waals surface area contributed by atoms with Gasteiger partial charge in [0.05, 0.1) is 5.69 Å². The minimum atomic E-state index is -0.601. The van der Waals surface area contributed by atoms with Gasteiger partial charge in [-0.15, -0.1) is 0 Å². The Morgan fingerprint density at radius 3 is 2.71 bits per heavy atom. The van der Waals surface area contributed by atoms with Crippen LogP contribution in [-0.4, -0.2) is 14.8 Å². The molecule has 0 amide bonds. The highest BCUT2D eigenvalue weighted by Crippen LogP contribution is 2.18. The molecule has 6 heteroatoms. The van der Waals surface area contributed by atoms with Crippen molar-refractivity contribution in [1.29, 1.82) is 0 Å². The maximum atomic E-state index is 13.3. The van der Waals surface area contributed by atoms with Crippen LogP contribution < -0.4 is 11.3 Å². The van der Waals surface area contributed by atoms with Gasteiger partial charge in [-0.25, -0.2) is 14.1 Å². The van der Waals surface area contributed by atoms with Crippen molar-refractivity contribution in [2.75, 3.05) is 5.73 Å². The van der Waals surface area contributed by atoms with Crippen LogP contribution in [0.4, 0.5) is 10.2 Å². The third-order valence-electron chi connectivity index (χ3n) is 2.41. The minimum absolute atomic E-state index is 0.157. The first kappa shape index (κ1) is 11.3. The number of pyridine rings is 1. The van der Waals surface area contributed by atoms with Crippen LogP contribution in [-0.2, 0) is 7.05 Å². The van der Waals surface area contributed by atoms with E-state index in [2.05, 4.69) is 10.1 Å². The maximum absolute atomic E-state index is 13.3. The van der Waals surface area contributed by atoms with Crippen LogP contribution in [0.15, 0.2) is 23.1 Å². The van der Waals surface area contributed by atoms with E-state index in [0.717, 1.165) is 0 Å². The number of aromatic nitrogens is 3. The molecule has 17 heavy (non-hydrogen) atoms. The van der Waals surface area contributed by atoms with E-state index >= 15 is 0 Å². The third kappa shape index (κ3) is 2.01. The zero-order valence-electron chi connectivity index (χ0n) is 9.44. The highest BCUT2D eigenvalue weighted by molar-refractivity contribution is 5.59. The van der Waals surface area contributed by atoms with Crippen molar-refractivity contribution < 1.29 is 4.39 Å².